The summed E-state index contributed by atoms with van der Waals surface area (Å²) in [6.07, 6.45) is 8.12. The standard InChI is InChI=1S/C12H22BN/c1-9-3-10(2)5-11(13,4-9)8-12(14,6-9)7-10/h3-8,13-14H2,1-2H3. The van der Waals surface area contributed by atoms with Crippen LogP contribution in [0.3, 0.4) is 0 Å². The van der Waals surface area contributed by atoms with Gasteiger partial charge in [-0.3, -0.25) is 0 Å². The molecule has 0 amide bonds. The van der Waals surface area contributed by atoms with Crippen molar-refractivity contribution in [3.05, 3.63) is 0 Å². The highest BCUT2D eigenvalue weighted by Crippen LogP contribution is 2.71. The predicted octanol–water partition coefficient (Wildman–Crippen LogP) is 1.87. The fourth-order valence-corrected chi connectivity index (χ4v) is 6.39. The SMILES string of the molecule is BC12CC3(C)CC(C)(C1)CC(N)(C2)C3. The molecule has 0 heterocycles. The monoisotopic (exact) mass is 191 g/mol. The summed E-state index contributed by atoms with van der Waals surface area (Å²) in [7, 11) is 2.47. The molecule has 0 aromatic rings. The highest BCUT2D eigenvalue weighted by Gasteiger charge is 2.62. The maximum absolute atomic E-state index is 6.58. The summed E-state index contributed by atoms with van der Waals surface area (Å²) in [5.74, 6) is 0. The molecule has 2 heteroatoms. The van der Waals surface area contributed by atoms with Crippen molar-refractivity contribution in [1.29, 1.82) is 0 Å². The Morgan fingerprint density at radius 1 is 0.857 bits per heavy atom. The molecule has 2 N–H and O–H groups in total. The van der Waals surface area contributed by atoms with Crippen molar-refractivity contribution in [2.24, 2.45) is 16.6 Å². The van der Waals surface area contributed by atoms with Gasteiger partial charge in [-0.25, -0.2) is 0 Å². The molecule has 0 saturated heterocycles. The average molecular weight is 191 g/mol. The summed E-state index contributed by atoms with van der Waals surface area (Å²) in [5.41, 5.74) is 7.89. The predicted molar refractivity (Wildman–Crippen MR) is 62.1 cm³/mol. The summed E-state index contributed by atoms with van der Waals surface area (Å²) in [6, 6.07) is 0. The van der Waals surface area contributed by atoms with Gasteiger partial charge in [0.25, 0.3) is 0 Å². The second-order valence-electron chi connectivity index (χ2n) is 7.86. The normalized spacial score (nSPS) is 65.9. The number of hydrogen-bond donors (Lipinski definition) is 1. The lowest BCUT2D eigenvalue weighted by Gasteiger charge is -2.68. The Labute approximate surface area is 88.2 Å². The van der Waals surface area contributed by atoms with E-state index in [1.807, 2.05) is 0 Å². The molecule has 0 radical (unpaired) electrons. The number of rotatable bonds is 0. The molecule has 4 rings (SSSR count). The lowest BCUT2D eigenvalue weighted by Crippen LogP contribution is -2.64. The van der Waals surface area contributed by atoms with Gasteiger partial charge in [0.1, 0.15) is 7.85 Å². The Morgan fingerprint density at radius 2 is 1.36 bits per heavy atom. The molecule has 0 spiro atoms. The van der Waals surface area contributed by atoms with Gasteiger partial charge in [0.2, 0.25) is 0 Å². The molecule has 1 nitrogen and oxygen atoms in total. The Hall–Kier alpha value is 0.0249. The van der Waals surface area contributed by atoms with Crippen LogP contribution in [0.25, 0.3) is 0 Å². The lowest BCUT2D eigenvalue weighted by molar-refractivity contribution is -0.0965. The van der Waals surface area contributed by atoms with Crippen LogP contribution in [0.1, 0.15) is 52.4 Å². The summed E-state index contributed by atoms with van der Waals surface area (Å²) < 4.78 is 0. The highest BCUT2D eigenvalue weighted by molar-refractivity contribution is 6.15. The lowest BCUT2D eigenvalue weighted by atomic mass is 9.34. The van der Waals surface area contributed by atoms with Gasteiger partial charge < -0.3 is 5.73 Å². The van der Waals surface area contributed by atoms with E-state index in [0.29, 0.717) is 16.1 Å². The summed E-state index contributed by atoms with van der Waals surface area (Å²) in [5, 5.41) is 0.562. The molecule has 4 saturated carbocycles. The molecule has 0 aromatic carbocycles. The summed E-state index contributed by atoms with van der Waals surface area (Å²) in [4.78, 5) is 0. The van der Waals surface area contributed by atoms with Gasteiger partial charge in [0, 0.05) is 5.54 Å². The second-order valence-corrected chi connectivity index (χ2v) is 7.86. The van der Waals surface area contributed by atoms with Crippen molar-refractivity contribution >= 4 is 7.85 Å². The van der Waals surface area contributed by atoms with Gasteiger partial charge in [0.15, 0.2) is 0 Å². The van der Waals surface area contributed by atoms with Crippen molar-refractivity contribution in [2.75, 3.05) is 0 Å². The van der Waals surface area contributed by atoms with E-state index >= 15 is 0 Å². The van der Waals surface area contributed by atoms with Gasteiger partial charge in [-0.15, -0.1) is 0 Å². The van der Waals surface area contributed by atoms with Crippen molar-refractivity contribution < 1.29 is 0 Å². The van der Waals surface area contributed by atoms with Gasteiger partial charge in [-0.05, 0) is 49.4 Å². The summed E-state index contributed by atoms with van der Waals surface area (Å²) in [6.45, 7) is 4.95. The number of nitrogens with two attached hydrogens (primary N) is 1. The minimum Gasteiger partial charge on any atom is -0.325 e. The van der Waals surface area contributed by atoms with E-state index in [-0.39, 0.29) is 5.54 Å². The molecule has 4 fully saturated rings. The first kappa shape index (κ1) is 9.27. The second kappa shape index (κ2) is 2.09. The van der Waals surface area contributed by atoms with E-state index in [2.05, 4.69) is 21.7 Å². The third-order valence-corrected chi connectivity index (χ3v) is 4.90. The van der Waals surface area contributed by atoms with Crippen LogP contribution in [0, 0.1) is 10.8 Å². The Bertz CT molecular complexity index is 203. The molecule has 4 aliphatic rings. The number of hydrogen-bond acceptors (Lipinski definition) is 1. The molecule has 0 aliphatic heterocycles. The fraction of sp³-hybridized carbons (Fsp3) is 1.00. The van der Waals surface area contributed by atoms with Gasteiger partial charge in [-0.1, -0.05) is 19.2 Å². The van der Waals surface area contributed by atoms with E-state index in [1.165, 1.54) is 38.5 Å². The van der Waals surface area contributed by atoms with Crippen molar-refractivity contribution in [3.63, 3.8) is 0 Å². The van der Waals surface area contributed by atoms with Gasteiger partial charge in [-0.2, -0.15) is 0 Å². The fourth-order valence-electron chi connectivity index (χ4n) is 6.39. The molecule has 2 unspecified atom stereocenters. The zero-order valence-corrected chi connectivity index (χ0v) is 9.82. The Balaban J connectivity index is 2.08. The molecule has 2 atom stereocenters. The van der Waals surface area contributed by atoms with Crippen molar-refractivity contribution in [1.82, 2.24) is 0 Å². The van der Waals surface area contributed by atoms with Crippen LogP contribution >= 0.6 is 0 Å². The minimum absolute atomic E-state index is 0.188. The highest BCUT2D eigenvalue weighted by atomic mass is 14.8. The maximum atomic E-state index is 6.58. The quantitative estimate of drug-likeness (QED) is 0.581. The smallest absolute Gasteiger partial charge is 0.109 e. The molecule has 4 aliphatic carbocycles. The molecular formula is C12H22BN. The van der Waals surface area contributed by atoms with E-state index in [0.717, 1.165) is 0 Å². The van der Waals surface area contributed by atoms with Crippen LogP contribution in [-0.2, 0) is 0 Å². The van der Waals surface area contributed by atoms with E-state index < -0.39 is 0 Å². The largest absolute Gasteiger partial charge is 0.325 e. The Morgan fingerprint density at radius 3 is 1.71 bits per heavy atom. The molecule has 4 bridgehead atoms. The van der Waals surface area contributed by atoms with Crippen LogP contribution in [0.2, 0.25) is 5.31 Å². The van der Waals surface area contributed by atoms with Crippen molar-refractivity contribution in [2.45, 2.75) is 63.2 Å². The van der Waals surface area contributed by atoms with E-state index in [9.17, 15) is 0 Å². The maximum Gasteiger partial charge on any atom is 0.109 e. The Kier molecular flexibility index (Phi) is 1.38. The van der Waals surface area contributed by atoms with Gasteiger partial charge >= 0.3 is 0 Å². The molecule has 0 aromatic heterocycles. The molecule has 78 valence electrons. The third-order valence-electron chi connectivity index (χ3n) is 4.90. The zero-order chi connectivity index (χ0) is 10.2. The average Bonchev–Trinajstić information content (AvgIpc) is 1.67. The van der Waals surface area contributed by atoms with Crippen LogP contribution in [0.4, 0.5) is 0 Å². The topological polar surface area (TPSA) is 26.0 Å². The van der Waals surface area contributed by atoms with Crippen molar-refractivity contribution in [3.8, 4) is 0 Å². The molecule has 14 heavy (non-hydrogen) atoms. The first-order valence-electron chi connectivity index (χ1n) is 6.03. The van der Waals surface area contributed by atoms with E-state index in [4.69, 9.17) is 5.73 Å². The van der Waals surface area contributed by atoms with Crippen LogP contribution in [0.15, 0.2) is 0 Å². The first-order chi connectivity index (χ1) is 6.24. The van der Waals surface area contributed by atoms with Crippen LogP contribution in [-0.4, -0.2) is 13.4 Å². The minimum atomic E-state index is 0.188. The van der Waals surface area contributed by atoms with Crippen LogP contribution in [0.5, 0.6) is 0 Å². The molecular weight excluding hydrogens is 169 g/mol. The van der Waals surface area contributed by atoms with E-state index in [1.54, 1.807) is 0 Å². The summed E-state index contributed by atoms with van der Waals surface area (Å²) >= 11 is 0. The van der Waals surface area contributed by atoms with Crippen LogP contribution < -0.4 is 5.73 Å². The zero-order valence-electron chi connectivity index (χ0n) is 9.82. The van der Waals surface area contributed by atoms with Gasteiger partial charge in [0.05, 0.1) is 0 Å². The first-order valence-corrected chi connectivity index (χ1v) is 6.03. The third kappa shape index (κ3) is 1.13.